The largest absolute Gasteiger partial charge is 0.314 e. The first-order valence-electron chi connectivity index (χ1n) is 7.29. The number of rotatable bonds is 6. The summed E-state index contributed by atoms with van der Waals surface area (Å²) in [7, 11) is 0. The monoisotopic (exact) mass is 246 g/mol. The van der Waals surface area contributed by atoms with Gasteiger partial charge in [-0.1, -0.05) is 6.07 Å². The number of nitrogens with one attached hydrogen (secondary N) is 1. The molecular formula is C15H22N2O. The second kappa shape index (κ2) is 5.27. The lowest BCUT2D eigenvalue weighted by Crippen LogP contribution is -2.24. The molecular weight excluding hydrogens is 224 g/mol. The molecule has 0 amide bonds. The molecule has 1 aromatic heterocycles. The quantitative estimate of drug-likeness (QED) is 0.778. The molecule has 2 aliphatic rings. The van der Waals surface area contributed by atoms with Gasteiger partial charge in [-0.25, -0.2) is 0 Å². The summed E-state index contributed by atoms with van der Waals surface area (Å²) in [6.45, 7) is 2.00. The van der Waals surface area contributed by atoms with E-state index in [1.165, 1.54) is 36.9 Å². The van der Waals surface area contributed by atoms with E-state index in [0.717, 1.165) is 38.4 Å². The summed E-state index contributed by atoms with van der Waals surface area (Å²) in [5, 5.41) is 3.52. The van der Waals surface area contributed by atoms with Crippen molar-refractivity contribution in [2.75, 3.05) is 6.54 Å². The van der Waals surface area contributed by atoms with Crippen LogP contribution in [-0.2, 0) is 19.4 Å². The third kappa shape index (κ3) is 2.66. The second-order valence-corrected chi connectivity index (χ2v) is 5.58. The van der Waals surface area contributed by atoms with Gasteiger partial charge in [-0.05, 0) is 57.1 Å². The molecule has 3 rings (SSSR count). The van der Waals surface area contributed by atoms with Gasteiger partial charge in [0.1, 0.15) is 0 Å². The van der Waals surface area contributed by atoms with E-state index in [9.17, 15) is 4.79 Å². The standard InChI is InChI=1S/C15H22N2O/c18-15-9-6-12-4-3-5-14(12)17(15)11-2-1-10-16-13-7-8-13/h6,9,13,16H,1-5,7-8,10-11H2. The predicted octanol–water partition coefficient (Wildman–Crippen LogP) is 1.87. The van der Waals surface area contributed by atoms with Crippen LogP contribution in [0.4, 0.5) is 0 Å². The SMILES string of the molecule is O=c1ccc2c(n1CCCCNC1CC1)CCC2. The number of aryl methyl sites for hydroxylation is 1. The van der Waals surface area contributed by atoms with Gasteiger partial charge in [0.05, 0.1) is 0 Å². The van der Waals surface area contributed by atoms with E-state index >= 15 is 0 Å². The molecule has 1 fully saturated rings. The molecule has 3 heteroatoms. The van der Waals surface area contributed by atoms with Crippen LogP contribution in [0.3, 0.4) is 0 Å². The minimum atomic E-state index is 0.186. The Balaban J connectivity index is 1.55. The maximum absolute atomic E-state index is 11.9. The van der Waals surface area contributed by atoms with Crippen LogP contribution in [-0.4, -0.2) is 17.2 Å². The van der Waals surface area contributed by atoms with Gasteiger partial charge in [0.2, 0.25) is 0 Å². The van der Waals surface area contributed by atoms with Crippen LogP contribution in [0.15, 0.2) is 16.9 Å². The molecule has 0 radical (unpaired) electrons. The van der Waals surface area contributed by atoms with Crippen LogP contribution in [0, 0.1) is 0 Å². The van der Waals surface area contributed by atoms with Crippen LogP contribution in [0.2, 0.25) is 0 Å². The molecule has 98 valence electrons. The van der Waals surface area contributed by atoms with Crippen molar-refractivity contribution >= 4 is 0 Å². The van der Waals surface area contributed by atoms with Crippen LogP contribution in [0.25, 0.3) is 0 Å². The van der Waals surface area contributed by atoms with E-state index in [0.29, 0.717) is 0 Å². The van der Waals surface area contributed by atoms with Crippen LogP contribution in [0.1, 0.15) is 43.4 Å². The molecule has 18 heavy (non-hydrogen) atoms. The van der Waals surface area contributed by atoms with Crippen molar-refractivity contribution < 1.29 is 0 Å². The molecule has 0 saturated heterocycles. The first-order chi connectivity index (χ1) is 8.84. The number of hydrogen-bond acceptors (Lipinski definition) is 2. The van der Waals surface area contributed by atoms with Gasteiger partial charge in [-0.2, -0.15) is 0 Å². The smallest absolute Gasteiger partial charge is 0.250 e. The Labute approximate surface area is 108 Å². The van der Waals surface area contributed by atoms with E-state index in [2.05, 4.69) is 5.32 Å². The highest BCUT2D eigenvalue weighted by Crippen LogP contribution is 2.20. The Morgan fingerprint density at radius 1 is 1.22 bits per heavy atom. The van der Waals surface area contributed by atoms with Gasteiger partial charge in [0.25, 0.3) is 5.56 Å². The zero-order valence-corrected chi connectivity index (χ0v) is 11.0. The molecule has 3 nitrogen and oxygen atoms in total. The first-order valence-corrected chi connectivity index (χ1v) is 7.29. The normalized spacial score (nSPS) is 18.0. The van der Waals surface area contributed by atoms with E-state index < -0.39 is 0 Å². The van der Waals surface area contributed by atoms with Crippen molar-refractivity contribution in [2.45, 2.75) is 57.5 Å². The van der Waals surface area contributed by atoms with Gasteiger partial charge in [0, 0.05) is 24.3 Å². The highest BCUT2D eigenvalue weighted by Gasteiger charge is 2.19. The molecule has 0 spiro atoms. The average Bonchev–Trinajstić information content (AvgIpc) is 3.07. The third-order valence-electron chi connectivity index (χ3n) is 4.07. The number of aromatic nitrogens is 1. The average molecular weight is 246 g/mol. The molecule has 0 atom stereocenters. The number of unbranched alkanes of at least 4 members (excludes halogenated alkanes) is 1. The Morgan fingerprint density at radius 3 is 2.94 bits per heavy atom. The summed E-state index contributed by atoms with van der Waals surface area (Å²) in [6, 6.07) is 4.57. The lowest BCUT2D eigenvalue weighted by Gasteiger charge is -2.11. The van der Waals surface area contributed by atoms with E-state index in [-0.39, 0.29) is 5.56 Å². The topological polar surface area (TPSA) is 34.0 Å². The van der Waals surface area contributed by atoms with Crippen molar-refractivity contribution in [1.82, 2.24) is 9.88 Å². The fourth-order valence-electron chi connectivity index (χ4n) is 2.87. The molecule has 1 heterocycles. The van der Waals surface area contributed by atoms with Crippen molar-refractivity contribution in [3.63, 3.8) is 0 Å². The van der Waals surface area contributed by atoms with Gasteiger partial charge >= 0.3 is 0 Å². The maximum Gasteiger partial charge on any atom is 0.250 e. The summed E-state index contributed by atoms with van der Waals surface area (Å²) < 4.78 is 2.01. The minimum Gasteiger partial charge on any atom is -0.314 e. The lowest BCUT2D eigenvalue weighted by atomic mass is 10.2. The molecule has 0 bridgehead atoms. The highest BCUT2D eigenvalue weighted by molar-refractivity contribution is 5.25. The van der Waals surface area contributed by atoms with E-state index in [1.807, 2.05) is 10.6 Å². The van der Waals surface area contributed by atoms with Gasteiger partial charge in [0.15, 0.2) is 0 Å². The second-order valence-electron chi connectivity index (χ2n) is 5.58. The van der Waals surface area contributed by atoms with E-state index in [4.69, 9.17) is 0 Å². The summed E-state index contributed by atoms with van der Waals surface area (Å²) in [5.41, 5.74) is 2.88. The van der Waals surface area contributed by atoms with Crippen LogP contribution in [0.5, 0.6) is 0 Å². The molecule has 1 saturated carbocycles. The van der Waals surface area contributed by atoms with Crippen LogP contribution < -0.4 is 10.9 Å². The molecule has 0 aromatic carbocycles. The maximum atomic E-state index is 11.9. The highest BCUT2D eigenvalue weighted by atomic mass is 16.1. The Morgan fingerprint density at radius 2 is 2.11 bits per heavy atom. The Bertz CT molecular complexity index is 474. The number of hydrogen-bond donors (Lipinski definition) is 1. The summed E-state index contributed by atoms with van der Waals surface area (Å²) in [4.78, 5) is 11.9. The Kier molecular flexibility index (Phi) is 3.50. The predicted molar refractivity (Wildman–Crippen MR) is 73.0 cm³/mol. The summed E-state index contributed by atoms with van der Waals surface area (Å²) >= 11 is 0. The lowest BCUT2D eigenvalue weighted by molar-refractivity contribution is 0.546. The zero-order chi connectivity index (χ0) is 12.4. The van der Waals surface area contributed by atoms with Crippen LogP contribution >= 0.6 is 0 Å². The van der Waals surface area contributed by atoms with E-state index in [1.54, 1.807) is 6.07 Å². The molecule has 1 N–H and O–H groups in total. The molecule has 2 aliphatic carbocycles. The fourth-order valence-corrected chi connectivity index (χ4v) is 2.87. The fraction of sp³-hybridized carbons (Fsp3) is 0.667. The minimum absolute atomic E-state index is 0.186. The number of fused-ring (bicyclic) bond motifs is 1. The van der Waals surface area contributed by atoms with Gasteiger partial charge in [-0.3, -0.25) is 4.79 Å². The number of pyridine rings is 1. The molecule has 0 unspecified atom stereocenters. The van der Waals surface area contributed by atoms with Crippen molar-refractivity contribution in [2.24, 2.45) is 0 Å². The summed E-state index contributed by atoms with van der Waals surface area (Å²) in [5.74, 6) is 0. The van der Waals surface area contributed by atoms with Crippen molar-refractivity contribution in [1.29, 1.82) is 0 Å². The van der Waals surface area contributed by atoms with Crippen molar-refractivity contribution in [3.05, 3.63) is 33.7 Å². The third-order valence-corrected chi connectivity index (χ3v) is 4.07. The van der Waals surface area contributed by atoms with Gasteiger partial charge < -0.3 is 9.88 Å². The molecule has 1 aromatic rings. The summed E-state index contributed by atoms with van der Waals surface area (Å²) in [6.07, 6.45) is 8.44. The number of nitrogens with zero attached hydrogens (tertiary/aromatic N) is 1. The first kappa shape index (κ1) is 12.0. The Hall–Kier alpha value is -1.09. The molecule has 0 aliphatic heterocycles. The van der Waals surface area contributed by atoms with Crippen molar-refractivity contribution in [3.8, 4) is 0 Å². The van der Waals surface area contributed by atoms with Gasteiger partial charge in [-0.15, -0.1) is 0 Å². The zero-order valence-electron chi connectivity index (χ0n) is 11.0.